The van der Waals surface area contributed by atoms with E-state index in [0.717, 1.165) is 25.0 Å². The van der Waals surface area contributed by atoms with Gasteiger partial charge in [0, 0.05) is 12.1 Å². The number of nitrogens with zero attached hydrogens (tertiary/aromatic N) is 2. The zero-order valence-corrected chi connectivity index (χ0v) is 12.5. The molecule has 0 aliphatic rings. The van der Waals surface area contributed by atoms with Gasteiger partial charge < -0.3 is 11.1 Å². The van der Waals surface area contributed by atoms with Crippen molar-refractivity contribution in [3.05, 3.63) is 17.5 Å². The summed E-state index contributed by atoms with van der Waals surface area (Å²) in [6.45, 7) is 9.38. The highest BCUT2D eigenvalue weighted by Crippen LogP contribution is 2.15. The summed E-state index contributed by atoms with van der Waals surface area (Å²) in [7, 11) is 0. The molecule has 0 saturated carbocycles. The minimum Gasteiger partial charge on any atom is -0.346 e. The van der Waals surface area contributed by atoms with Crippen molar-refractivity contribution in [1.82, 2.24) is 15.1 Å². The van der Waals surface area contributed by atoms with E-state index in [9.17, 15) is 4.79 Å². The van der Waals surface area contributed by atoms with E-state index in [-0.39, 0.29) is 11.4 Å². The molecule has 1 unspecified atom stereocenters. The zero-order chi connectivity index (χ0) is 14.5. The molecule has 0 spiro atoms. The molecule has 0 radical (unpaired) electrons. The Morgan fingerprint density at radius 2 is 2.16 bits per heavy atom. The molecule has 0 saturated heterocycles. The monoisotopic (exact) mass is 266 g/mol. The standard InChI is InChI=1S/C14H26N4O/c1-5-11-10-12(18(7-3)17-11)13(19)16-14(4,6-2)8-9-15/h10H,5-9,15H2,1-4H3,(H,16,19). The topological polar surface area (TPSA) is 72.9 Å². The van der Waals surface area contributed by atoms with Crippen molar-refractivity contribution >= 4 is 5.91 Å². The van der Waals surface area contributed by atoms with Crippen LogP contribution in [-0.4, -0.2) is 27.8 Å². The van der Waals surface area contributed by atoms with Crippen LogP contribution in [0.4, 0.5) is 0 Å². The average Bonchev–Trinajstić information content (AvgIpc) is 2.82. The van der Waals surface area contributed by atoms with E-state index in [1.807, 2.05) is 26.8 Å². The molecular formula is C14H26N4O. The molecule has 3 N–H and O–H groups in total. The smallest absolute Gasteiger partial charge is 0.269 e. The number of carbonyl (C=O) groups excluding carboxylic acids is 1. The molecule has 0 aliphatic heterocycles. The number of aryl methyl sites for hydroxylation is 2. The lowest BCUT2D eigenvalue weighted by Gasteiger charge is -2.29. The summed E-state index contributed by atoms with van der Waals surface area (Å²) >= 11 is 0. The Morgan fingerprint density at radius 3 is 2.63 bits per heavy atom. The van der Waals surface area contributed by atoms with E-state index in [0.29, 0.717) is 18.8 Å². The van der Waals surface area contributed by atoms with Crippen LogP contribution in [0.3, 0.4) is 0 Å². The number of hydrogen-bond acceptors (Lipinski definition) is 3. The SMILES string of the molecule is CCc1cc(C(=O)NC(C)(CC)CCN)n(CC)n1. The highest BCUT2D eigenvalue weighted by molar-refractivity contribution is 5.93. The lowest BCUT2D eigenvalue weighted by atomic mass is 9.94. The van der Waals surface area contributed by atoms with Gasteiger partial charge in [0.05, 0.1) is 5.69 Å². The first-order chi connectivity index (χ1) is 8.99. The lowest BCUT2D eigenvalue weighted by Crippen LogP contribution is -2.47. The molecule has 1 aromatic heterocycles. The Kier molecular flexibility index (Phi) is 5.54. The molecule has 1 heterocycles. The van der Waals surface area contributed by atoms with Crippen molar-refractivity contribution in [3.8, 4) is 0 Å². The maximum Gasteiger partial charge on any atom is 0.269 e. The number of carbonyl (C=O) groups is 1. The van der Waals surface area contributed by atoms with E-state index in [1.54, 1.807) is 4.68 Å². The normalized spacial score (nSPS) is 14.2. The fraction of sp³-hybridized carbons (Fsp3) is 0.714. The van der Waals surface area contributed by atoms with Gasteiger partial charge in [-0.05, 0) is 45.7 Å². The number of nitrogens with two attached hydrogens (primary N) is 1. The summed E-state index contributed by atoms with van der Waals surface area (Å²) < 4.78 is 1.76. The van der Waals surface area contributed by atoms with Gasteiger partial charge in [-0.15, -0.1) is 0 Å². The van der Waals surface area contributed by atoms with Gasteiger partial charge in [-0.3, -0.25) is 9.48 Å². The van der Waals surface area contributed by atoms with Crippen molar-refractivity contribution in [1.29, 1.82) is 0 Å². The molecule has 0 fully saturated rings. The Bertz CT molecular complexity index is 427. The maximum atomic E-state index is 12.4. The summed E-state index contributed by atoms with van der Waals surface area (Å²) in [5.74, 6) is -0.0631. The van der Waals surface area contributed by atoms with Gasteiger partial charge in [-0.1, -0.05) is 13.8 Å². The Balaban J connectivity index is 2.90. The molecular weight excluding hydrogens is 240 g/mol. The molecule has 0 aliphatic carbocycles. The molecule has 0 aromatic carbocycles. The summed E-state index contributed by atoms with van der Waals surface area (Å²) in [4.78, 5) is 12.4. The van der Waals surface area contributed by atoms with Crippen molar-refractivity contribution in [2.75, 3.05) is 6.54 Å². The number of aromatic nitrogens is 2. The van der Waals surface area contributed by atoms with Gasteiger partial charge in [-0.25, -0.2) is 0 Å². The van der Waals surface area contributed by atoms with Crippen molar-refractivity contribution in [2.45, 2.75) is 59.0 Å². The van der Waals surface area contributed by atoms with Gasteiger partial charge in [0.15, 0.2) is 0 Å². The van der Waals surface area contributed by atoms with Crippen LogP contribution in [-0.2, 0) is 13.0 Å². The first kappa shape index (κ1) is 15.7. The second-order valence-electron chi connectivity index (χ2n) is 5.10. The maximum absolute atomic E-state index is 12.4. The third-order valence-electron chi connectivity index (χ3n) is 3.62. The van der Waals surface area contributed by atoms with Gasteiger partial charge in [0.1, 0.15) is 5.69 Å². The van der Waals surface area contributed by atoms with Crippen molar-refractivity contribution in [2.24, 2.45) is 5.73 Å². The predicted molar refractivity (Wildman–Crippen MR) is 77.1 cm³/mol. The third kappa shape index (κ3) is 3.80. The van der Waals surface area contributed by atoms with Gasteiger partial charge >= 0.3 is 0 Å². The largest absolute Gasteiger partial charge is 0.346 e. The Morgan fingerprint density at radius 1 is 1.47 bits per heavy atom. The number of hydrogen-bond donors (Lipinski definition) is 2. The first-order valence-electron chi connectivity index (χ1n) is 7.09. The second-order valence-corrected chi connectivity index (χ2v) is 5.10. The molecule has 108 valence electrons. The van der Waals surface area contributed by atoms with Crippen LogP contribution in [0.5, 0.6) is 0 Å². The Hall–Kier alpha value is -1.36. The highest BCUT2D eigenvalue weighted by Gasteiger charge is 2.25. The van der Waals surface area contributed by atoms with Gasteiger partial charge in [-0.2, -0.15) is 5.10 Å². The quantitative estimate of drug-likeness (QED) is 0.789. The van der Waals surface area contributed by atoms with Crippen LogP contribution in [0, 0.1) is 0 Å². The Labute approximate surface area is 115 Å². The van der Waals surface area contributed by atoms with E-state index in [4.69, 9.17) is 5.73 Å². The van der Waals surface area contributed by atoms with Crippen LogP contribution in [0.25, 0.3) is 0 Å². The predicted octanol–water partition coefficient (Wildman–Crippen LogP) is 1.71. The number of nitrogens with one attached hydrogen (secondary N) is 1. The summed E-state index contributed by atoms with van der Waals surface area (Å²) in [5, 5.41) is 7.49. The fourth-order valence-electron chi connectivity index (χ4n) is 2.05. The molecule has 0 bridgehead atoms. The van der Waals surface area contributed by atoms with Crippen LogP contribution in [0.1, 0.15) is 56.7 Å². The van der Waals surface area contributed by atoms with E-state index in [1.165, 1.54) is 0 Å². The lowest BCUT2D eigenvalue weighted by molar-refractivity contribution is 0.0889. The minimum absolute atomic E-state index is 0.0631. The average molecular weight is 266 g/mol. The second kappa shape index (κ2) is 6.70. The molecule has 1 atom stereocenters. The minimum atomic E-state index is -0.249. The van der Waals surface area contributed by atoms with Crippen molar-refractivity contribution < 1.29 is 4.79 Å². The van der Waals surface area contributed by atoms with E-state index < -0.39 is 0 Å². The van der Waals surface area contributed by atoms with Crippen molar-refractivity contribution in [3.63, 3.8) is 0 Å². The summed E-state index contributed by atoms with van der Waals surface area (Å²) in [6.07, 6.45) is 2.47. The summed E-state index contributed by atoms with van der Waals surface area (Å²) in [6, 6.07) is 1.87. The van der Waals surface area contributed by atoms with E-state index >= 15 is 0 Å². The van der Waals surface area contributed by atoms with Crippen LogP contribution < -0.4 is 11.1 Å². The zero-order valence-electron chi connectivity index (χ0n) is 12.5. The molecule has 5 heteroatoms. The molecule has 1 aromatic rings. The first-order valence-corrected chi connectivity index (χ1v) is 7.09. The number of amides is 1. The third-order valence-corrected chi connectivity index (χ3v) is 3.62. The van der Waals surface area contributed by atoms with Gasteiger partial charge in [0.2, 0.25) is 0 Å². The highest BCUT2D eigenvalue weighted by atomic mass is 16.2. The molecule has 19 heavy (non-hydrogen) atoms. The van der Waals surface area contributed by atoms with Crippen LogP contribution in [0.2, 0.25) is 0 Å². The van der Waals surface area contributed by atoms with Crippen LogP contribution in [0.15, 0.2) is 6.07 Å². The van der Waals surface area contributed by atoms with Crippen LogP contribution >= 0.6 is 0 Å². The van der Waals surface area contributed by atoms with E-state index in [2.05, 4.69) is 17.3 Å². The molecule has 1 rings (SSSR count). The molecule has 5 nitrogen and oxygen atoms in total. The van der Waals surface area contributed by atoms with Gasteiger partial charge in [0.25, 0.3) is 5.91 Å². The fourth-order valence-corrected chi connectivity index (χ4v) is 2.05. The molecule has 1 amide bonds. The summed E-state index contributed by atoms with van der Waals surface area (Å²) in [5.41, 5.74) is 6.95. The number of rotatable bonds is 7.